The van der Waals surface area contributed by atoms with E-state index in [4.69, 9.17) is 0 Å². The van der Waals surface area contributed by atoms with Gasteiger partial charge in [0.15, 0.2) is 0 Å². The number of likely N-dealkylation sites (tertiary alicyclic amines) is 1. The summed E-state index contributed by atoms with van der Waals surface area (Å²) in [6.45, 7) is 6.04. The first-order valence-corrected chi connectivity index (χ1v) is 6.05. The maximum atomic E-state index is 2.70. The molecule has 1 saturated carbocycles. The van der Waals surface area contributed by atoms with E-state index in [0.29, 0.717) is 0 Å². The Morgan fingerprint density at radius 2 is 1.69 bits per heavy atom. The Balaban J connectivity index is 1.85. The van der Waals surface area contributed by atoms with Crippen molar-refractivity contribution in [3.8, 4) is 0 Å². The van der Waals surface area contributed by atoms with Crippen LogP contribution in [0.1, 0.15) is 52.4 Å². The van der Waals surface area contributed by atoms with E-state index in [1.165, 1.54) is 45.1 Å². The zero-order chi connectivity index (χ0) is 9.26. The molecule has 1 nitrogen and oxygen atoms in total. The standard InChI is InChI=1S/C12H23N/c1-10(2)13-9-8-12(13)11-6-4-3-5-7-11/h10-12H,3-9H2,1-2H3. The fourth-order valence-corrected chi connectivity index (χ4v) is 3.09. The molecule has 1 heterocycles. The SMILES string of the molecule is CC(C)N1CCC1C1CCCCC1. The van der Waals surface area contributed by atoms with Crippen LogP contribution in [0.5, 0.6) is 0 Å². The molecule has 1 heteroatoms. The van der Waals surface area contributed by atoms with Crippen molar-refractivity contribution in [2.24, 2.45) is 5.92 Å². The lowest BCUT2D eigenvalue weighted by atomic mass is 9.78. The number of hydrogen-bond acceptors (Lipinski definition) is 1. The first-order valence-electron chi connectivity index (χ1n) is 6.05. The van der Waals surface area contributed by atoms with Gasteiger partial charge in [-0.05, 0) is 39.0 Å². The van der Waals surface area contributed by atoms with Crippen LogP contribution in [0.15, 0.2) is 0 Å². The predicted octanol–water partition coefficient (Wildman–Crippen LogP) is 3.05. The zero-order valence-corrected chi connectivity index (χ0v) is 9.13. The van der Waals surface area contributed by atoms with Crippen molar-refractivity contribution in [3.05, 3.63) is 0 Å². The van der Waals surface area contributed by atoms with Crippen LogP contribution in [0.3, 0.4) is 0 Å². The third-order valence-corrected chi connectivity index (χ3v) is 3.97. The van der Waals surface area contributed by atoms with Crippen LogP contribution in [-0.2, 0) is 0 Å². The summed E-state index contributed by atoms with van der Waals surface area (Å²) >= 11 is 0. The van der Waals surface area contributed by atoms with Gasteiger partial charge in [0.25, 0.3) is 0 Å². The summed E-state index contributed by atoms with van der Waals surface area (Å²) in [5, 5.41) is 0. The second-order valence-electron chi connectivity index (χ2n) is 5.09. The summed E-state index contributed by atoms with van der Waals surface area (Å²) < 4.78 is 0. The van der Waals surface area contributed by atoms with Crippen LogP contribution in [-0.4, -0.2) is 23.5 Å². The second-order valence-corrected chi connectivity index (χ2v) is 5.09. The lowest BCUT2D eigenvalue weighted by molar-refractivity contribution is 0.00472. The average molecular weight is 181 g/mol. The Morgan fingerprint density at radius 1 is 1.00 bits per heavy atom. The van der Waals surface area contributed by atoms with Gasteiger partial charge in [0.1, 0.15) is 0 Å². The van der Waals surface area contributed by atoms with Crippen molar-refractivity contribution < 1.29 is 0 Å². The molecule has 1 saturated heterocycles. The Hall–Kier alpha value is -0.0400. The monoisotopic (exact) mass is 181 g/mol. The van der Waals surface area contributed by atoms with Crippen LogP contribution in [0.25, 0.3) is 0 Å². The van der Waals surface area contributed by atoms with Crippen LogP contribution >= 0.6 is 0 Å². The number of nitrogens with zero attached hydrogens (tertiary/aromatic N) is 1. The first kappa shape index (κ1) is 9.51. The molecule has 0 radical (unpaired) electrons. The van der Waals surface area contributed by atoms with E-state index in [-0.39, 0.29) is 0 Å². The van der Waals surface area contributed by atoms with Gasteiger partial charge in [-0.25, -0.2) is 0 Å². The van der Waals surface area contributed by atoms with E-state index < -0.39 is 0 Å². The predicted molar refractivity (Wildman–Crippen MR) is 56.8 cm³/mol. The largest absolute Gasteiger partial charge is 0.298 e. The molecule has 1 atom stereocenters. The lowest BCUT2D eigenvalue weighted by Crippen LogP contribution is -2.55. The molecule has 0 bridgehead atoms. The molecule has 0 N–H and O–H groups in total. The van der Waals surface area contributed by atoms with Crippen molar-refractivity contribution in [2.45, 2.75) is 64.5 Å². The molecule has 0 aromatic heterocycles. The van der Waals surface area contributed by atoms with Gasteiger partial charge >= 0.3 is 0 Å². The highest BCUT2D eigenvalue weighted by molar-refractivity contribution is 4.90. The van der Waals surface area contributed by atoms with Crippen molar-refractivity contribution in [1.29, 1.82) is 0 Å². The molecule has 2 fully saturated rings. The van der Waals surface area contributed by atoms with Gasteiger partial charge in [-0.1, -0.05) is 19.3 Å². The minimum absolute atomic E-state index is 0.778. The molecular formula is C12H23N. The third kappa shape index (κ3) is 1.90. The van der Waals surface area contributed by atoms with E-state index >= 15 is 0 Å². The molecule has 76 valence electrons. The van der Waals surface area contributed by atoms with Gasteiger partial charge < -0.3 is 0 Å². The maximum Gasteiger partial charge on any atom is 0.0138 e. The number of rotatable bonds is 2. The molecule has 0 aromatic carbocycles. The van der Waals surface area contributed by atoms with Gasteiger partial charge in [0, 0.05) is 18.6 Å². The lowest BCUT2D eigenvalue weighted by Gasteiger charge is -2.49. The summed E-state index contributed by atoms with van der Waals surface area (Å²) in [6.07, 6.45) is 8.97. The summed E-state index contributed by atoms with van der Waals surface area (Å²) in [6, 6.07) is 1.74. The van der Waals surface area contributed by atoms with Gasteiger partial charge in [-0.15, -0.1) is 0 Å². The zero-order valence-electron chi connectivity index (χ0n) is 9.13. The fraction of sp³-hybridized carbons (Fsp3) is 1.00. The van der Waals surface area contributed by atoms with Crippen molar-refractivity contribution in [1.82, 2.24) is 4.90 Å². The minimum atomic E-state index is 0.778. The molecule has 1 aliphatic carbocycles. The van der Waals surface area contributed by atoms with Gasteiger partial charge in [0.05, 0.1) is 0 Å². The summed E-state index contributed by atoms with van der Waals surface area (Å²) in [4.78, 5) is 2.70. The normalized spacial score (nSPS) is 32.1. The van der Waals surface area contributed by atoms with E-state index in [1.807, 2.05) is 0 Å². The highest BCUT2D eigenvalue weighted by Crippen LogP contribution is 2.35. The highest BCUT2D eigenvalue weighted by Gasteiger charge is 2.36. The molecule has 0 spiro atoms. The van der Waals surface area contributed by atoms with E-state index in [0.717, 1.165) is 18.0 Å². The number of hydrogen-bond donors (Lipinski definition) is 0. The average Bonchev–Trinajstić information content (AvgIpc) is 2.02. The summed E-state index contributed by atoms with van der Waals surface area (Å²) in [5.41, 5.74) is 0. The second kappa shape index (κ2) is 4.00. The van der Waals surface area contributed by atoms with Crippen LogP contribution in [0.2, 0.25) is 0 Å². The molecule has 1 aliphatic heterocycles. The Labute approximate surface area is 82.5 Å². The van der Waals surface area contributed by atoms with Crippen LogP contribution < -0.4 is 0 Å². The molecule has 0 amide bonds. The molecule has 0 aromatic rings. The summed E-state index contributed by atoms with van der Waals surface area (Å²) in [7, 11) is 0. The Kier molecular flexibility index (Phi) is 2.92. The molecule has 1 unspecified atom stereocenters. The fourth-order valence-electron chi connectivity index (χ4n) is 3.09. The molecule has 2 aliphatic rings. The highest BCUT2D eigenvalue weighted by atomic mass is 15.2. The third-order valence-electron chi connectivity index (χ3n) is 3.97. The molecular weight excluding hydrogens is 158 g/mol. The Morgan fingerprint density at radius 3 is 2.15 bits per heavy atom. The van der Waals surface area contributed by atoms with Gasteiger partial charge in [-0.3, -0.25) is 4.90 Å². The minimum Gasteiger partial charge on any atom is -0.298 e. The van der Waals surface area contributed by atoms with Gasteiger partial charge in [-0.2, -0.15) is 0 Å². The summed E-state index contributed by atoms with van der Waals surface area (Å²) in [5.74, 6) is 1.05. The van der Waals surface area contributed by atoms with E-state index in [1.54, 1.807) is 0 Å². The van der Waals surface area contributed by atoms with Crippen molar-refractivity contribution in [2.75, 3.05) is 6.54 Å². The Bertz CT molecular complexity index is 159. The van der Waals surface area contributed by atoms with Crippen LogP contribution in [0, 0.1) is 5.92 Å². The van der Waals surface area contributed by atoms with Crippen LogP contribution in [0.4, 0.5) is 0 Å². The van der Waals surface area contributed by atoms with E-state index in [9.17, 15) is 0 Å². The van der Waals surface area contributed by atoms with E-state index in [2.05, 4.69) is 18.7 Å². The maximum absolute atomic E-state index is 2.70. The topological polar surface area (TPSA) is 3.24 Å². The van der Waals surface area contributed by atoms with Gasteiger partial charge in [0.2, 0.25) is 0 Å². The smallest absolute Gasteiger partial charge is 0.0138 e. The van der Waals surface area contributed by atoms with Crippen molar-refractivity contribution >= 4 is 0 Å². The molecule has 13 heavy (non-hydrogen) atoms. The first-order chi connectivity index (χ1) is 6.29. The van der Waals surface area contributed by atoms with Crippen molar-refractivity contribution in [3.63, 3.8) is 0 Å². The molecule has 2 rings (SSSR count). The quantitative estimate of drug-likeness (QED) is 0.633.